The zero-order valence-electron chi connectivity index (χ0n) is 9.26. The van der Waals surface area contributed by atoms with Crippen molar-refractivity contribution < 1.29 is 0 Å². The second-order valence-electron chi connectivity index (χ2n) is 3.90. The zero-order chi connectivity index (χ0) is 11.8. The molecule has 0 amide bonds. The summed E-state index contributed by atoms with van der Waals surface area (Å²) >= 11 is 6.00. The largest absolute Gasteiger partial charge is 0.335 e. The van der Waals surface area contributed by atoms with Gasteiger partial charge in [0.05, 0.1) is 5.69 Å². The van der Waals surface area contributed by atoms with Crippen LogP contribution in [0.15, 0.2) is 42.9 Å². The van der Waals surface area contributed by atoms with Crippen LogP contribution in [0.3, 0.4) is 0 Å². The highest BCUT2D eigenvalue weighted by Crippen LogP contribution is 2.27. The van der Waals surface area contributed by atoms with Gasteiger partial charge in [0.2, 0.25) is 0 Å². The predicted molar refractivity (Wildman–Crippen MR) is 69.0 cm³/mol. The van der Waals surface area contributed by atoms with E-state index in [1.807, 2.05) is 48.1 Å². The van der Waals surface area contributed by atoms with Crippen molar-refractivity contribution in [3.63, 3.8) is 0 Å². The van der Waals surface area contributed by atoms with E-state index < -0.39 is 0 Å². The average molecular weight is 244 g/mol. The van der Waals surface area contributed by atoms with Gasteiger partial charge in [-0.05, 0) is 18.2 Å². The molecule has 0 bridgehead atoms. The molecule has 0 saturated heterocycles. The van der Waals surface area contributed by atoms with E-state index in [9.17, 15) is 0 Å². The van der Waals surface area contributed by atoms with Crippen LogP contribution in [-0.4, -0.2) is 14.5 Å². The first-order chi connectivity index (χ1) is 8.25. The van der Waals surface area contributed by atoms with Gasteiger partial charge in [-0.25, -0.2) is 9.97 Å². The number of hydrogen-bond donors (Lipinski definition) is 0. The molecular weight excluding hydrogens is 234 g/mol. The number of halogens is 1. The Morgan fingerprint density at radius 3 is 2.88 bits per heavy atom. The zero-order valence-corrected chi connectivity index (χ0v) is 10.0. The van der Waals surface area contributed by atoms with Crippen molar-refractivity contribution in [3.8, 4) is 11.3 Å². The van der Waals surface area contributed by atoms with Crippen LogP contribution in [-0.2, 0) is 7.05 Å². The molecule has 1 aromatic carbocycles. The molecule has 84 valence electrons. The highest BCUT2D eigenvalue weighted by atomic mass is 35.5. The summed E-state index contributed by atoms with van der Waals surface area (Å²) in [5, 5.41) is 1.75. The van der Waals surface area contributed by atoms with Gasteiger partial charge in [0.15, 0.2) is 0 Å². The topological polar surface area (TPSA) is 30.7 Å². The number of aryl methyl sites for hydroxylation is 1. The summed E-state index contributed by atoms with van der Waals surface area (Å²) in [7, 11) is 1.97. The second kappa shape index (κ2) is 3.86. The Morgan fingerprint density at radius 2 is 2.06 bits per heavy atom. The molecular formula is C13H10ClN3. The second-order valence-corrected chi connectivity index (χ2v) is 4.33. The molecule has 0 unspecified atom stereocenters. The lowest BCUT2D eigenvalue weighted by atomic mass is 10.1. The third kappa shape index (κ3) is 1.68. The Morgan fingerprint density at radius 1 is 1.18 bits per heavy atom. The quantitative estimate of drug-likeness (QED) is 0.657. The van der Waals surface area contributed by atoms with Crippen LogP contribution in [0.2, 0.25) is 5.02 Å². The van der Waals surface area contributed by atoms with Crippen molar-refractivity contribution in [2.75, 3.05) is 0 Å². The SMILES string of the molecule is Cn1ccc2c(-c3cccc(Cl)c3)ncnc21. The summed E-state index contributed by atoms with van der Waals surface area (Å²) in [5.41, 5.74) is 2.85. The van der Waals surface area contributed by atoms with Crippen molar-refractivity contribution in [2.24, 2.45) is 7.05 Å². The van der Waals surface area contributed by atoms with E-state index in [4.69, 9.17) is 11.6 Å². The third-order valence-electron chi connectivity index (χ3n) is 2.76. The Kier molecular flexibility index (Phi) is 2.34. The Labute approximate surface area is 104 Å². The molecule has 3 nitrogen and oxygen atoms in total. The van der Waals surface area contributed by atoms with E-state index >= 15 is 0 Å². The molecule has 3 aromatic rings. The van der Waals surface area contributed by atoms with E-state index in [0.717, 1.165) is 22.3 Å². The van der Waals surface area contributed by atoms with E-state index in [1.54, 1.807) is 6.33 Å². The number of nitrogens with zero attached hydrogens (tertiary/aromatic N) is 3. The fraction of sp³-hybridized carbons (Fsp3) is 0.0769. The van der Waals surface area contributed by atoms with Gasteiger partial charge >= 0.3 is 0 Å². The van der Waals surface area contributed by atoms with E-state index in [2.05, 4.69) is 9.97 Å². The highest BCUT2D eigenvalue weighted by molar-refractivity contribution is 6.30. The molecule has 4 heteroatoms. The van der Waals surface area contributed by atoms with Crippen molar-refractivity contribution >= 4 is 22.6 Å². The van der Waals surface area contributed by atoms with E-state index in [1.165, 1.54) is 0 Å². The number of fused-ring (bicyclic) bond motifs is 1. The highest BCUT2D eigenvalue weighted by Gasteiger charge is 2.08. The van der Waals surface area contributed by atoms with Crippen LogP contribution < -0.4 is 0 Å². The minimum atomic E-state index is 0.713. The number of rotatable bonds is 1. The number of benzene rings is 1. The maximum atomic E-state index is 6.00. The predicted octanol–water partition coefficient (Wildman–Crippen LogP) is 3.29. The fourth-order valence-electron chi connectivity index (χ4n) is 1.94. The first-order valence-corrected chi connectivity index (χ1v) is 5.65. The first kappa shape index (κ1) is 10.3. The van der Waals surface area contributed by atoms with Crippen LogP contribution in [0.1, 0.15) is 0 Å². The van der Waals surface area contributed by atoms with E-state index in [0.29, 0.717) is 5.02 Å². The van der Waals surface area contributed by atoms with Crippen molar-refractivity contribution in [2.45, 2.75) is 0 Å². The minimum absolute atomic E-state index is 0.713. The van der Waals surface area contributed by atoms with Gasteiger partial charge in [-0.15, -0.1) is 0 Å². The van der Waals surface area contributed by atoms with E-state index in [-0.39, 0.29) is 0 Å². The van der Waals surface area contributed by atoms with Gasteiger partial charge < -0.3 is 4.57 Å². The molecule has 0 fully saturated rings. The first-order valence-electron chi connectivity index (χ1n) is 5.27. The van der Waals surface area contributed by atoms with Gasteiger partial charge in [-0.2, -0.15) is 0 Å². The Balaban J connectivity index is 2.30. The summed E-state index contributed by atoms with van der Waals surface area (Å²) < 4.78 is 1.98. The number of hydrogen-bond acceptors (Lipinski definition) is 2. The monoisotopic (exact) mass is 243 g/mol. The molecule has 2 aromatic heterocycles. The normalized spacial score (nSPS) is 10.9. The van der Waals surface area contributed by atoms with Crippen LogP contribution in [0, 0.1) is 0 Å². The van der Waals surface area contributed by atoms with Crippen LogP contribution in [0.4, 0.5) is 0 Å². The fourth-order valence-corrected chi connectivity index (χ4v) is 2.13. The standard InChI is InChI=1S/C13H10ClN3/c1-17-6-5-11-12(15-8-16-13(11)17)9-3-2-4-10(14)7-9/h2-8H,1H3. The third-order valence-corrected chi connectivity index (χ3v) is 2.99. The Bertz CT molecular complexity index is 688. The lowest BCUT2D eigenvalue weighted by Crippen LogP contribution is -1.91. The lowest BCUT2D eigenvalue weighted by molar-refractivity contribution is 0.944. The average Bonchev–Trinajstić information content (AvgIpc) is 2.71. The van der Waals surface area contributed by atoms with Crippen molar-refractivity contribution in [1.29, 1.82) is 0 Å². The molecule has 0 radical (unpaired) electrons. The smallest absolute Gasteiger partial charge is 0.143 e. The van der Waals surface area contributed by atoms with Gasteiger partial charge in [0.25, 0.3) is 0 Å². The molecule has 0 atom stereocenters. The summed E-state index contributed by atoms with van der Waals surface area (Å²) in [5.74, 6) is 0. The maximum absolute atomic E-state index is 6.00. The van der Waals surface area contributed by atoms with Gasteiger partial charge in [-0.3, -0.25) is 0 Å². The molecule has 0 aliphatic carbocycles. The molecule has 0 aliphatic heterocycles. The molecule has 0 N–H and O–H groups in total. The molecule has 2 heterocycles. The van der Waals surface area contributed by atoms with Crippen LogP contribution in [0.25, 0.3) is 22.3 Å². The molecule has 17 heavy (non-hydrogen) atoms. The minimum Gasteiger partial charge on any atom is -0.335 e. The van der Waals surface area contributed by atoms with Crippen molar-refractivity contribution in [1.82, 2.24) is 14.5 Å². The maximum Gasteiger partial charge on any atom is 0.143 e. The van der Waals surface area contributed by atoms with Gasteiger partial charge in [0.1, 0.15) is 12.0 Å². The molecule has 0 spiro atoms. The lowest BCUT2D eigenvalue weighted by Gasteiger charge is -2.03. The molecule has 3 rings (SSSR count). The van der Waals surface area contributed by atoms with Gasteiger partial charge in [-0.1, -0.05) is 23.7 Å². The molecule has 0 saturated carbocycles. The van der Waals surface area contributed by atoms with Gasteiger partial charge in [0, 0.05) is 29.2 Å². The molecule has 0 aliphatic rings. The van der Waals surface area contributed by atoms with Crippen LogP contribution >= 0.6 is 11.6 Å². The van der Waals surface area contributed by atoms with Crippen LogP contribution in [0.5, 0.6) is 0 Å². The summed E-state index contributed by atoms with van der Waals surface area (Å²) in [4.78, 5) is 8.62. The summed E-state index contributed by atoms with van der Waals surface area (Å²) in [6.07, 6.45) is 3.56. The summed E-state index contributed by atoms with van der Waals surface area (Å²) in [6, 6.07) is 9.71. The number of aromatic nitrogens is 3. The summed E-state index contributed by atoms with van der Waals surface area (Å²) in [6.45, 7) is 0. The Hall–Kier alpha value is -1.87. The van der Waals surface area contributed by atoms with Crippen molar-refractivity contribution in [3.05, 3.63) is 47.9 Å².